The second-order valence-corrected chi connectivity index (χ2v) is 7.80. The van der Waals surface area contributed by atoms with Crippen LogP contribution in [0.15, 0.2) is 0 Å². The molecule has 6 unspecified atom stereocenters. The zero-order chi connectivity index (χ0) is 13.2. The molecule has 3 saturated carbocycles. The second kappa shape index (κ2) is 6.16. The van der Waals surface area contributed by atoms with Gasteiger partial charge in [0.2, 0.25) is 0 Å². The molecule has 0 radical (unpaired) electrons. The highest BCUT2D eigenvalue weighted by atomic mass is 14.9. The van der Waals surface area contributed by atoms with Gasteiger partial charge in [-0.05, 0) is 74.7 Å². The summed E-state index contributed by atoms with van der Waals surface area (Å²) < 4.78 is 0. The molecule has 3 aliphatic rings. The van der Waals surface area contributed by atoms with E-state index in [1.165, 1.54) is 38.6 Å². The molecular weight excluding hydrogens is 230 g/mol. The molecule has 0 aromatic rings. The van der Waals surface area contributed by atoms with Crippen LogP contribution in [0.4, 0.5) is 0 Å². The minimum absolute atomic E-state index is 0.835. The minimum Gasteiger partial charge on any atom is -0.314 e. The van der Waals surface area contributed by atoms with Crippen LogP contribution in [0.1, 0.15) is 71.6 Å². The van der Waals surface area contributed by atoms with Crippen LogP contribution < -0.4 is 5.32 Å². The van der Waals surface area contributed by atoms with Crippen molar-refractivity contribution in [2.24, 2.45) is 29.6 Å². The van der Waals surface area contributed by atoms with Crippen molar-refractivity contribution in [3.05, 3.63) is 0 Å². The minimum atomic E-state index is 0.835. The van der Waals surface area contributed by atoms with Crippen LogP contribution in [0.25, 0.3) is 0 Å². The molecule has 19 heavy (non-hydrogen) atoms. The van der Waals surface area contributed by atoms with Crippen molar-refractivity contribution >= 4 is 0 Å². The lowest BCUT2D eigenvalue weighted by atomic mass is 9.79. The van der Waals surface area contributed by atoms with Crippen molar-refractivity contribution in [2.75, 3.05) is 6.54 Å². The van der Waals surface area contributed by atoms with Gasteiger partial charge in [-0.25, -0.2) is 0 Å². The molecular formula is C18H33N. The zero-order valence-corrected chi connectivity index (χ0v) is 13.0. The van der Waals surface area contributed by atoms with Crippen molar-refractivity contribution in [1.82, 2.24) is 5.32 Å². The number of rotatable bonds is 6. The van der Waals surface area contributed by atoms with Gasteiger partial charge in [0.15, 0.2) is 0 Å². The first-order chi connectivity index (χ1) is 9.28. The SMILES string of the molecule is CCCNC(CC1CC2CCC1C2)C1CCCC1C. The average molecular weight is 263 g/mol. The molecule has 0 heterocycles. The Morgan fingerprint density at radius 3 is 2.58 bits per heavy atom. The highest BCUT2D eigenvalue weighted by Crippen LogP contribution is 2.50. The fourth-order valence-electron chi connectivity index (χ4n) is 5.50. The standard InChI is InChI=1S/C18H33N/c1-3-9-19-18(17-6-4-5-13(17)2)12-16-11-14-7-8-15(16)10-14/h13-19H,3-12H2,1-2H3. The van der Waals surface area contributed by atoms with E-state index >= 15 is 0 Å². The van der Waals surface area contributed by atoms with E-state index in [2.05, 4.69) is 19.2 Å². The van der Waals surface area contributed by atoms with Crippen LogP contribution in [0, 0.1) is 29.6 Å². The highest BCUT2D eigenvalue weighted by molar-refractivity contribution is 4.94. The number of hydrogen-bond acceptors (Lipinski definition) is 1. The van der Waals surface area contributed by atoms with Gasteiger partial charge in [0, 0.05) is 6.04 Å². The Morgan fingerprint density at radius 2 is 2.00 bits per heavy atom. The summed E-state index contributed by atoms with van der Waals surface area (Å²) in [5, 5.41) is 3.93. The predicted octanol–water partition coefficient (Wildman–Crippen LogP) is 4.62. The maximum atomic E-state index is 3.93. The Labute approximate surface area is 119 Å². The number of fused-ring (bicyclic) bond motifs is 2. The molecule has 0 saturated heterocycles. The van der Waals surface area contributed by atoms with Gasteiger partial charge in [-0.1, -0.05) is 33.1 Å². The van der Waals surface area contributed by atoms with Gasteiger partial charge in [0.25, 0.3) is 0 Å². The summed E-state index contributed by atoms with van der Waals surface area (Å²) in [7, 11) is 0. The van der Waals surface area contributed by atoms with Crippen molar-refractivity contribution < 1.29 is 0 Å². The van der Waals surface area contributed by atoms with Crippen molar-refractivity contribution in [3.63, 3.8) is 0 Å². The monoisotopic (exact) mass is 263 g/mol. The lowest BCUT2D eigenvalue weighted by Gasteiger charge is -2.33. The first kappa shape index (κ1) is 13.9. The first-order valence-corrected chi connectivity index (χ1v) is 9.01. The lowest BCUT2D eigenvalue weighted by Crippen LogP contribution is -2.40. The molecule has 3 fully saturated rings. The van der Waals surface area contributed by atoms with Gasteiger partial charge < -0.3 is 5.32 Å². The Hall–Kier alpha value is -0.0400. The van der Waals surface area contributed by atoms with Gasteiger partial charge in [0.1, 0.15) is 0 Å². The molecule has 0 amide bonds. The van der Waals surface area contributed by atoms with E-state index in [1.807, 2.05) is 0 Å². The van der Waals surface area contributed by atoms with Gasteiger partial charge in [0.05, 0.1) is 0 Å². The van der Waals surface area contributed by atoms with Crippen LogP contribution in [0.5, 0.6) is 0 Å². The van der Waals surface area contributed by atoms with Crippen molar-refractivity contribution in [1.29, 1.82) is 0 Å². The van der Waals surface area contributed by atoms with E-state index in [0.29, 0.717) is 0 Å². The van der Waals surface area contributed by atoms with E-state index in [1.54, 1.807) is 25.7 Å². The van der Waals surface area contributed by atoms with E-state index in [0.717, 1.165) is 35.6 Å². The summed E-state index contributed by atoms with van der Waals surface area (Å²) in [4.78, 5) is 0. The van der Waals surface area contributed by atoms with E-state index in [9.17, 15) is 0 Å². The third-order valence-electron chi connectivity index (χ3n) is 6.54. The molecule has 1 heteroatoms. The Balaban J connectivity index is 1.58. The maximum Gasteiger partial charge on any atom is 0.0101 e. The molecule has 3 rings (SSSR count). The summed E-state index contributed by atoms with van der Waals surface area (Å²) in [6.45, 7) is 6.04. The van der Waals surface area contributed by atoms with Crippen LogP contribution in [-0.2, 0) is 0 Å². The molecule has 1 nitrogen and oxygen atoms in total. The quantitative estimate of drug-likeness (QED) is 0.737. The summed E-state index contributed by atoms with van der Waals surface area (Å²) in [5.74, 6) is 5.23. The maximum absolute atomic E-state index is 3.93. The Morgan fingerprint density at radius 1 is 1.11 bits per heavy atom. The van der Waals surface area contributed by atoms with E-state index < -0.39 is 0 Å². The smallest absolute Gasteiger partial charge is 0.0101 e. The topological polar surface area (TPSA) is 12.0 Å². The van der Waals surface area contributed by atoms with Crippen LogP contribution in [0.2, 0.25) is 0 Å². The van der Waals surface area contributed by atoms with Crippen molar-refractivity contribution in [3.8, 4) is 0 Å². The zero-order valence-electron chi connectivity index (χ0n) is 13.0. The van der Waals surface area contributed by atoms with Gasteiger partial charge >= 0.3 is 0 Å². The average Bonchev–Trinajstić information content (AvgIpc) is 3.10. The predicted molar refractivity (Wildman–Crippen MR) is 82.1 cm³/mol. The number of hydrogen-bond donors (Lipinski definition) is 1. The molecule has 110 valence electrons. The van der Waals surface area contributed by atoms with Crippen molar-refractivity contribution in [2.45, 2.75) is 77.7 Å². The van der Waals surface area contributed by atoms with E-state index in [-0.39, 0.29) is 0 Å². The Bertz CT molecular complexity index is 287. The third-order valence-corrected chi connectivity index (χ3v) is 6.54. The molecule has 0 aliphatic heterocycles. The molecule has 0 aromatic carbocycles. The Kier molecular flexibility index (Phi) is 4.51. The summed E-state index contributed by atoms with van der Waals surface area (Å²) in [6.07, 6.45) is 13.5. The molecule has 1 N–H and O–H groups in total. The summed E-state index contributed by atoms with van der Waals surface area (Å²) >= 11 is 0. The molecule has 3 aliphatic carbocycles. The molecule has 2 bridgehead atoms. The van der Waals surface area contributed by atoms with Crippen LogP contribution in [0.3, 0.4) is 0 Å². The molecule has 6 atom stereocenters. The van der Waals surface area contributed by atoms with Crippen LogP contribution >= 0.6 is 0 Å². The second-order valence-electron chi connectivity index (χ2n) is 7.80. The van der Waals surface area contributed by atoms with Gasteiger partial charge in [-0.3, -0.25) is 0 Å². The van der Waals surface area contributed by atoms with Gasteiger partial charge in [-0.2, -0.15) is 0 Å². The van der Waals surface area contributed by atoms with E-state index in [4.69, 9.17) is 0 Å². The first-order valence-electron chi connectivity index (χ1n) is 9.01. The normalized spacial score (nSPS) is 42.9. The fraction of sp³-hybridized carbons (Fsp3) is 1.00. The molecule has 0 aromatic heterocycles. The van der Waals surface area contributed by atoms with Crippen LogP contribution in [-0.4, -0.2) is 12.6 Å². The lowest BCUT2D eigenvalue weighted by molar-refractivity contribution is 0.214. The molecule has 0 spiro atoms. The highest BCUT2D eigenvalue weighted by Gasteiger charge is 2.41. The fourth-order valence-corrected chi connectivity index (χ4v) is 5.50. The summed E-state index contributed by atoms with van der Waals surface area (Å²) in [5.41, 5.74) is 0. The third kappa shape index (κ3) is 3.01. The largest absolute Gasteiger partial charge is 0.314 e. The number of nitrogens with one attached hydrogen (secondary N) is 1. The summed E-state index contributed by atoms with van der Waals surface area (Å²) in [6, 6.07) is 0.835. The van der Waals surface area contributed by atoms with Gasteiger partial charge in [-0.15, -0.1) is 0 Å².